The van der Waals surface area contributed by atoms with Gasteiger partial charge in [-0.15, -0.1) is 11.8 Å². The molecule has 35 heavy (non-hydrogen) atoms. The number of thioether (sulfide) groups is 1. The van der Waals surface area contributed by atoms with E-state index in [2.05, 4.69) is 62.4 Å². The van der Waals surface area contributed by atoms with E-state index >= 15 is 0 Å². The Balaban J connectivity index is 1.67. The summed E-state index contributed by atoms with van der Waals surface area (Å²) in [5, 5.41) is 2.97. The Labute approximate surface area is 213 Å². The van der Waals surface area contributed by atoms with Gasteiger partial charge in [0.15, 0.2) is 11.5 Å². The van der Waals surface area contributed by atoms with Crippen molar-refractivity contribution in [2.75, 3.05) is 31.8 Å². The van der Waals surface area contributed by atoms with Gasteiger partial charge in [-0.25, -0.2) is 0 Å². The summed E-state index contributed by atoms with van der Waals surface area (Å²) < 4.78 is 11.5. The van der Waals surface area contributed by atoms with Crippen LogP contribution >= 0.6 is 11.8 Å². The van der Waals surface area contributed by atoms with Crippen LogP contribution in [0.3, 0.4) is 0 Å². The lowest BCUT2D eigenvalue weighted by molar-refractivity contribution is 0.102. The van der Waals surface area contributed by atoms with E-state index in [4.69, 9.17) is 9.47 Å². The number of hydrogen-bond acceptors (Lipinski definition) is 5. The number of nitrogens with one attached hydrogen (secondary N) is 1. The average molecular weight is 493 g/mol. The third kappa shape index (κ3) is 7.26. The van der Waals surface area contributed by atoms with Crippen molar-refractivity contribution in [3.63, 3.8) is 0 Å². The van der Waals surface area contributed by atoms with Crippen LogP contribution < -0.4 is 14.8 Å². The molecule has 0 saturated carbocycles. The minimum absolute atomic E-state index is 0.170. The summed E-state index contributed by atoms with van der Waals surface area (Å²) in [5.41, 5.74) is 3.47. The number of methoxy groups -OCH3 is 1. The SMILES string of the molecule is COc1ccc(NC(=O)c2ccc(-c3cccc(SC)c3)cc2)cc1OCCN(C(C)C)C(C)C. The minimum Gasteiger partial charge on any atom is -0.493 e. The summed E-state index contributed by atoms with van der Waals surface area (Å²) in [4.78, 5) is 16.5. The van der Waals surface area contributed by atoms with Gasteiger partial charge >= 0.3 is 0 Å². The molecule has 1 amide bonds. The Bertz CT molecular complexity index is 1110. The predicted octanol–water partition coefficient (Wildman–Crippen LogP) is 6.83. The molecule has 3 aromatic carbocycles. The highest BCUT2D eigenvalue weighted by atomic mass is 32.2. The standard InChI is InChI=1S/C29H36N2O3S/c1-20(2)31(21(3)4)16-17-34-28-19-25(14-15-27(28)33-5)30-29(32)23-12-10-22(11-13-23)24-8-7-9-26(18-24)35-6/h7-15,18-21H,16-17H2,1-6H3,(H,30,32). The second-order valence-corrected chi connectivity index (χ2v) is 9.78. The van der Waals surface area contributed by atoms with E-state index < -0.39 is 0 Å². The maximum absolute atomic E-state index is 12.9. The highest BCUT2D eigenvalue weighted by molar-refractivity contribution is 7.98. The smallest absolute Gasteiger partial charge is 0.255 e. The van der Waals surface area contributed by atoms with Gasteiger partial charge in [-0.2, -0.15) is 0 Å². The summed E-state index contributed by atoms with van der Waals surface area (Å²) in [6.45, 7) is 10.1. The lowest BCUT2D eigenvalue weighted by Gasteiger charge is -2.30. The molecule has 0 aliphatic rings. The zero-order valence-electron chi connectivity index (χ0n) is 21.5. The number of benzene rings is 3. The number of carbonyl (C=O) groups is 1. The van der Waals surface area contributed by atoms with Crippen molar-refractivity contribution in [1.82, 2.24) is 4.90 Å². The van der Waals surface area contributed by atoms with Gasteiger partial charge in [0, 0.05) is 40.8 Å². The summed E-state index contributed by atoms with van der Waals surface area (Å²) in [7, 11) is 1.62. The van der Waals surface area contributed by atoms with Crippen molar-refractivity contribution >= 4 is 23.4 Å². The number of carbonyl (C=O) groups excluding carboxylic acids is 1. The van der Waals surface area contributed by atoms with Crippen LogP contribution in [0.5, 0.6) is 11.5 Å². The van der Waals surface area contributed by atoms with Crippen LogP contribution in [0, 0.1) is 0 Å². The fraction of sp³-hybridized carbons (Fsp3) is 0.345. The number of hydrogen-bond donors (Lipinski definition) is 1. The molecular weight excluding hydrogens is 456 g/mol. The van der Waals surface area contributed by atoms with E-state index in [1.165, 1.54) is 4.90 Å². The van der Waals surface area contributed by atoms with Crippen LogP contribution in [0.2, 0.25) is 0 Å². The van der Waals surface area contributed by atoms with Crippen molar-refractivity contribution in [2.45, 2.75) is 44.7 Å². The largest absolute Gasteiger partial charge is 0.493 e. The summed E-state index contributed by atoms with van der Waals surface area (Å²) in [5.74, 6) is 1.08. The van der Waals surface area contributed by atoms with Crippen LogP contribution in [-0.4, -0.2) is 49.4 Å². The highest BCUT2D eigenvalue weighted by Gasteiger charge is 2.15. The molecule has 0 atom stereocenters. The van der Waals surface area contributed by atoms with Crippen molar-refractivity contribution < 1.29 is 14.3 Å². The topological polar surface area (TPSA) is 50.8 Å². The van der Waals surface area contributed by atoms with E-state index in [9.17, 15) is 4.79 Å². The van der Waals surface area contributed by atoms with Crippen LogP contribution in [-0.2, 0) is 0 Å². The maximum atomic E-state index is 12.9. The van der Waals surface area contributed by atoms with Crippen molar-refractivity contribution in [1.29, 1.82) is 0 Å². The van der Waals surface area contributed by atoms with Gasteiger partial charge in [-0.05, 0) is 81.5 Å². The van der Waals surface area contributed by atoms with E-state index in [1.807, 2.05) is 48.5 Å². The van der Waals surface area contributed by atoms with Crippen LogP contribution in [0.15, 0.2) is 71.6 Å². The molecule has 0 bridgehead atoms. The molecule has 1 N–H and O–H groups in total. The first-order valence-electron chi connectivity index (χ1n) is 11.9. The van der Waals surface area contributed by atoms with Gasteiger partial charge in [-0.3, -0.25) is 9.69 Å². The molecule has 5 nitrogen and oxygen atoms in total. The second kappa shape index (κ2) is 12.7. The fourth-order valence-electron chi connectivity index (χ4n) is 4.06. The van der Waals surface area contributed by atoms with Gasteiger partial charge in [0.05, 0.1) is 7.11 Å². The van der Waals surface area contributed by atoms with Crippen molar-refractivity contribution in [2.24, 2.45) is 0 Å². The van der Waals surface area contributed by atoms with Crippen molar-refractivity contribution in [3.8, 4) is 22.6 Å². The van der Waals surface area contributed by atoms with Crippen LogP contribution in [0.4, 0.5) is 5.69 Å². The molecule has 0 saturated heterocycles. The van der Waals surface area contributed by atoms with E-state index in [0.29, 0.717) is 41.4 Å². The number of ether oxygens (including phenoxy) is 2. The number of anilines is 1. The lowest BCUT2D eigenvalue weighted by atomic mass is 10.0. The molecule has 6 heteroatoms. The average Bonchev–Trinajstić information content (AvgIpc) is 2.86. The van der Waals surface area contributed by atoms with Crippen LogP contribution in [0.25, 0.3) is 11.1 Å². The molecule has 0 heterocycles. The molecule has 0 aromatic heterocycles. The first kappa shape index (κ1) is 26.6. The normalized spacial score (nSPS) is 11.2. The Morgan fingerprint density at radius 1 is 0.914 bits per heavy atom. The molecule has 0 fully saturated rings. The molecule has 3 aromatic rings. The van der Waals surface area contributed by atoms with Crippen molar-refractivity contribution in [3.05, 3.63) is 72.3 Å². The molecule has 0 aliphatic carbocycles. The predicted molar refractivity (Wildman–Crippen MR) is 147 cm³/mol. The molecule has 0 unspecified atom stereocenters. The number of nitrogens with zero attached hydrogens (tertiary/aromatic N) is 1. The fourth-order valence-corrected chi connectivity index (χ4v) is 4.52. The van der Waals surface area contributed by atoms with Gasteiger partial charge < -0.3 is 14.8 Å². The van der Waals surface area contributed by atoms with E-state index in [1.54, 1.807) is 18.9 Å². The minimum atomic E-state index is -0.170. The third-order valence-electron chi connectivity index (χ3n) is 5.91. The zero-order valence-corrected chi connectivity index (χ0v) is 22.3. The van der Waals surface area contributed by atoms with Gasteiger partial charge in [0.1, 0.15) is 6.61 Å². The quantitative estimate of drug-likeness (QED) is 0.297. The molecule has 186 valence electrons. The van der Waals surface area contributed by atoms with Gasteiger partial charge in [0.2, 0.25) is 0 Å². The van der Waals surface area contributed by atoms with Gasteiger partial charge in [0.25, 0.3) is 5.91 Å². The highest BCUT2D eigenvalue weighted by Crippen LogP contribution is 2.31. The Morgan fingerprint density at radius 2 is 1.63 bits per heavy atom. The first-order chi connectivity index (χ1) is 16.8. The first-order valence-corrected chi connectivity index (χ1v) is 13.2. The Hall–Kier alpha value is -2.96. The molecular formula is C29H36N2O3S. The Kier molecular flexibility index (Phi) is 9.64. The summed E-state index contributed by atoms with van der Waals surface area (Å²) >= 11 is 1.71. The van der Waals surface area contributed by atoms with E-state index in [-0.39, 0.29) is 5.91 Å². The maximum Gasteiger partial charge on any atom is 0.255 e. The molecule has 3 rings (SSSR count). The number of rotatable bonds is 11. The Morgan fingerprint density at radius 3 is 2.26 bits per heavy atom. The second-order valence-electron chi connectivity index (χ2n) is 8.90. The molecule has 0 spiro atoms. The third-order valence-corrected chi connectivity index (χ3v) is 6.63. The summed E-state index contributed by atoms with van der Waals surface area (Å²) in [6.07, 6.45) is 2.06. The number of amides is 1. The monoisotopic (exact) mass is 492 g/mol. The van der Waals surface area contributed by atoms with E-state index in [0.717, 1.165) is 17.7 Å². The zero-order chi connectivity index (χ0) is 25.4. The van der Waals surface area contributed by atoms with Gasteiger partial charge in [-0.1, -0.05) is 24.3 Å². The molecule has 0 aliphatic heterocycles. The molecule has 0 radical (unpaired) electrons. The van der Waals surface area contributed by atoms with Crippen LogP contribution in [0.1, 0.15) is 38.1 Å². The summed E-state index contributed by atoms with van der Waals surface area (Å²) in [6, 6.07) is 22.4. The lowest BCUT2D eigenvalue weighted by Crippen LogP contribution is -2.39.